The first-order valence-electron chi connectivity index (χ1n) is 5.36. The number of carbonyl (C=O) groups is 1. The smallest absolute Gasteiger partial charge is 0.274 e. The van der Waals surface area contributed by atoms with E-state index in [1.54, 1.807) is 7.05 Å². The second-order valence-electron chi connectivity index (χ2n) is 4.07. The van der Waals surface area contributed by atoms with Gasteiger partial charge in [-0.2, -0.15) is 0 Å². The Balaban J connectivity index is 2.48. The maximum absolute atomic E-state index is 11.9. The Morgan fingerprint density at radius 1 is 1.24 bits per heavy atom. The molecular weight excluding hydrogens is 234 g/mol. The number of nitrogens with zero attached hydrogens (tertiary/aromatic N) is 1. The Kier molecular flexibility index (Phi) is 3.17. The molecule has 90 valence electrons. The van der Waals surface area contributed by atoms with Crippen molar-refractivity contribution >= 4 is 27.3 Å². The predicted octanol–water partition coefficient (Wildman–Crippen LogP) is 3.15. The Hall–Kier alpha value is -1.39. The molecule has 1 amide bonds. The Morgan fingerprint density at radius 3 is 2.53 bits per heavy atom. The summed E-state index contributed by atoms with van der Waals surface area (Å²) in [6, 6.07) is 6.16. The number of fused-ring (bicyclic) bond motifs is 1. The number of hydroxylamine groups is 2. The van der Waals surface area contributed by atoms with Crippen LogP contribution in [-0.2, 0) is 4.84 Å². The molecule has 3 nitrogen and oxygen atoms in total. The third kappa shape index (κ3) is 2.18. The average Bonchev–Trinajstić information content (AvgIpc) is 2.70. The summed E-state index contributed by atoms with van der Waals surface area (Å²) >= 11 is 1.50. The van der Waals surface area contributed by atoms with Gasteiger partial charge in [-0.3, -0.25) is 9.63 Å². The Bertz CT molecular complexity index is 535. The summed E-state index contributed by atoms with van der Waals surface area (Å²) in [6.45, 7) is 4.16. The van der Waals surface area contributed by atoms with Gasteiger partial charge in [-0.1, -0.05) is 6.07 Å². The molecular formula is C13H15NO2S. The van der Waals surface area contributed by atoms with Crippen LogP contribution < -0.4 is 0 Å². The van der Waals surface area contributed by atoms with Gasteiger partial charge in [0.15, 0.2) is 0 Å². The highest BCUT2D eigenvalue weighted by Gasteiger charge is 2.15. The molecule has 0 aliphatic carbocycles. The van der Waals surface area contributed by atoms with Gasteiger partial charge in [0.2, 0.25) is 0 Å². The van der Waals surface area contributed by atoms with Crippen molar-refractivity contribution in [1.29, 1.82) is 0 Å². The lowest BCUT2D eigenvalue weighted by Crippen LogP contribution is -2.24. The Morgan fingerprint density at radius 2 is 1.88 bits per heavy atom. The summed E-state index contributed by atoms with van der Waals surface area (Å²) < 4.78 is 1.14. The van der Waals surface area contributed by atoms with E-state index in [0.717, 1.165) is 10.1 Å². The van der Waals surface area contributed by atoms with Gasteiger partial charge >= 0.3 is 0 Å². The van der Waals surface area contributed by atoms with Crippen molar-refractivity contribution in [3.05, 3.63) is 34.2 Å². The first-order valence-corrected chi connectivity index (χ1v) is 6.17. The molecule has 0 aliphatic rings. The fourth-order valence-corrected chi connectivity index (χ4v) is 2.76. The van der Waals surface area contributed by atoms with Crippen LogP contribution in [0.25, 0.3) is 10.1 Å². The number of benzene rings is 1. The highest BCUT2D eigenvalue weighted by molar-refractivity contribution is 7.20. The van der Waals surface area contributed by atoms with E-state index < -0.39 is 0 Å². The van der Waals surface area contributed by atoms with Gasteiger partial charge in [-0.25, -0.2) is 5.06 Å². The molecule has 0 bridgehead atoms. The zero-order chi connectivity index (χ0) is 12.6. The number of hydrogen-bond donors (Lipinski definition) is 0. The van der Waals surface area contributed by atoms with Gasteiger partial charge in [-0.05, 0) is 42.5 Å². The lowest BCUT2D eigenvalue weighted by molar-refractivity contribution is -0.0753. The van der Waals surface area contributed by atoms with Crippen LogP contribution >= 0.6 is 11.3 Å². The number of amides is 1. The number of hydrogen-bond acceptors (Lipinski definition) is 3. The molecule has 0 saturated carbocycles. The highest BCUT2D eigenvalue weighted by atomic mass is 32.1. The van der Waals surface area contributed by atoms with Crippen molar-refractivity contribution in [2.75, 3.05) is 14.2 Å². The van der Waals surface area contributed by atoms with Gasteiger partial charge in [0, 0.05) is 11.7 Å². The first kappa shape index (κ1) is 12.1. The largest absolute Gasteiger partial charge is 0.287 e. The monoisotopic (exact) mass is 249 g/mol. The van der Waals surface area contributed by atoms with E-state index in [0.29, 0.717) is 4.88 Å². The first-order chi connectivity index (χ1) is 8.02. The minimum Gasteiger partial charge on any atom is -0.274 e. The number of aryl methyl sites for hydroxylation is 2. The molecule has 1 aromatic carbocycles. The summed E-state index contributed by atoms with van der Waals surface area (Å²) in [5.41, 5.74) is 2.49. The fourth-order valence-electron chi connectivity index (χ4n) is 1.65. The van der Waals surface area contributed by atoms with Crippen LogP contribution in [0.1, 0.15) is 20.8 Å². The molecule has 1 aromatic heterocycles. The molecule has 17 heavy (non-hydrogen) atoms. The molecule has 0 aliphatic heterocycles. The molecule has 0 saturated heterocycles. The minimum atomic E-state index is -0.107. The highest BCUT2D eigenvalue weighted by Crippen LogP contribution is 2.28. The maximum atomic E-state index is 11.9. The van der Waals surface area contributed by atoms with Crippen molar-refractivity contribution in [3.8, 4) is 0 Å². The second-order valence-corrected chi connectivity index (χ2v) is 5.15. The van der Waals surface area contributed by atoms with Crippen LogP contribution in [-0.4, -0.2) is 25.1 Å². The molecule has 2 rings (SSSR count). The van der Waals surface area contributed by atoms with E-state index in [1.165, 1.54) is 34.6 Å². The molecule has 0 spiro atoms. The standard InChI is InChI=1S/C13H15NO2S/c1-8-5-10-7-12(13(15)14(3)16-4)17-11(10)6-9(8)2/h5-7H,1-4H3. The summed E-state index contributed by atoms with van der Waals surface area (Å²) in [5, 5.41) is 2.36. The molecule has 0 radical (unpaired) electrons. The SMILES string of the molecule is CON(C)C(=O)c1cc2cc(C)c(C)cc2s1. The van der Waals surface area contributed by atoms with E-state index in [-0.39, 0.29) is 5.91 Å². The van der Waals surface area contributed by atoms with Gasteiger partial charge in [0.1, 0.15) is 0 Å². The fraction of sp³-hybridized carbons (Fsp3) is 0.308. The van der Waals surface area contributed by atoms with Crippen molar-refractivity contribution in [3.63, 3.8) is 0 Å². The zero-order valence-corrected chi connectivity index (χ0v) is 11.2. The van der Waals surface area contributed by atoms with Gasteiger partial charge in [0.25, 0.3) is 5.91 Å². The normalized spacial score (nSPS) is 10.8. The van der Waals surface area contributed by atoms with Crippen LogP contribution in [0.4, 0.5) is 0 Å². The number of carbonyl (C=O) groups excluding carboxylic acids is 1. The quantitative estimate of drug-likeness (QED) is 0.765. The van der Waals surface area contributed by atoms with Crippen LogP contribution in [0.5, 0.6) is 0 Å². The molecule has 0 atom stereocenters. The maximum Gasteiger partial charge on any atom is 0.287 e. The summed E-state index contributed by atoms with van der Waals surface area (Å²) in [5.74, 6) is -0.107. The third-order valence-electron chi connectivity index (χ3n) is 2.90. The topological polar surface area (TPSA) is 29.5 Å². The van der Waals surface area contributed by atoms with E-state index in [9.17, 15) is 4.79 Å². The molecule has 0 unspecified atom stereocenters. The summed E-state index contributed by atoms with van der Waals surface area (Å²) in [7, 11) is 3.10. The van der Waals surface area contributed by atoms with Crippen molar-refractivity contribution in [2.24, 2.45) is 0 Å². The van der Waals surface area contributed by atoms with E-state index in [2.05, 4.69) is 26.0 Å². The summed E-state index contributed by atoms with van der Waals surface area (Å²) in [4.78, 5) is 17.5. The molecule has 1 heterocycles. The number of rotatable bonds is 2. The predicted molar refractivity (Wildman–Crippen MR) is 70.4 cm³/mol. The van der Waals surface area contributed by atoms with Gasteiger partial charge in [0.05, 0.1) is 12.0 Å². The van der Waals surface area contributed by atoms with Crippen LogP contribution in [0.2, 0.25) is 0 Å². The van der Waals surface area contributed by atoms with Gasteiger partial charge in [-0.15, -0.1) is 11.3 Å². The van der Waals surface area contributed by atoms with E-state index >= 15 is 0 Å². The lowest BCUT2D eigenvalue weighted by atomic mass is 10.1. The third-order valence-corrected chi connectivity index (χ3v) is 3.99. The van der Waals surface area contributed by atoms with Crippen molar-refractivity contribution in [1.82, 2.24) is 5.06 Å². The molecule has 0 fully saturated rings. The number of thiophene rings is 1. The average molecular weight is 249 g/mol. The zero-order valence-electron chi connectivity index (χ0n) is 10.4. The molecule has 2 aromatic rings. The van der Waals surface area contributed by atoms with Crippen LogP contribution in [0.15, 0.2) is 18.2 Å². The van der Waals surface area contributed by atoms with Crippen LogP contribution in [0.3, 0.4) is 0 Å². The second kappa shape index (κ2) is 4.47. The van der Waals surface area contributed by atoms with E-state index in [1.807, 2.05) is 6.07 Å². The van der Waals surface area contributed by atoms with Crippen LogP contribution in [0, 0.1) is 13.8 Å². The van der Waals surface area contributed by atoms with E-state index in [4.69, 9.17) is 4.84 Å². The van der Waals surface area contributed by atoms with Gasteiger partial charge < -0.3 is 0 Å². The van der Waals surface area contributed by atoms with Crippen molar-refractivity contribution < 1.29 is 9.63 Å². The summed E-state index contributed by atoms with van der Waals surface area (Å²) in [6.07, 6.45) is 0. The Labute approximate surface area is 105 Å². The molecule has 4 heteroatoms. The lowest BCUT2D eigenvalue weighted by Gasteiger charge is -2.11. The molecule has 0 N–H and O–H groups in total. The van der Waals surface area contributed by atoms with Crippen molar-refractivity contribution in [2.45, 2.75) is 13.8 Å². The minimum absolute atomic E-state index is 0.107.